The molecule has 0 amide bonds. The van der Waals surface area contributed by atoms with Gasteiger partial charge < -0.3 is 14.5 Å². The molecular formula is C23H23N3O3. The van der Waals surface area contributed by atoms with E-state index in [-0.39, 0.29) is 11.6 Å². The van der Waals surface area contributed by atoms with Gasteiger partial charge in [0.05, 0.1) is 42.5 Å². The Morgan fingerprint density at radius 3 is 2.59 bits per heavy atom. The summed E-state index contributed by atoms with van der Waals surface area (Å²) >= 11 is 0. The summed E-state index contributed by atoms with van der Waals surface area (Å²) in [6.07, 6.45) is 2.42. The van der Waals surface area contributed by atoms with Crippen LogP contribution >= 0.6 is 0 Å². The van der Waals surface area contributed by atoms with Crippen molar-refractivity contribution in [3.8, 4) is 11.4 Å². The van der Waals surface area contributed by atoms with Gasteiger partial charge in [-0.1, -0.05) is 19.1 Å². The molecule has 6 heteroatoms. The van der Waals surface area contributed by atoms with Crippen LogP contribution in [0.4, 0.5) is 0 Å². The highest BCUT2D eigenvalue weighted by Crippen LogP contribution is 2.22. The summed E-state index contributed by atoms with van der Waals surface area (Å²) < 4.78 is 12.4. The summed E-state index contributed by atoms with van der Waals surface area (Å²) in [6.45, 7) is 2.62. The van der Waals surface area contributed by atoms with Gasteiger partial charge in [0.1, 0.15) is 17.3 Å². The first-order valence-corrected chi connectivity index (χ1v) is 9.63. The lowest BCUT2D eigenvalue weighted by Crippen LogP contribution is -2.31. The van der Waals surface area contributed by atoms with Gasteiger partial charge in [-0.3, -0.25) is 9.36 Å². The van der Waals surface area contributed by atoms with E-state index < -0.39 is 0 Å². The van der Waals surface area contributed by atoms with Crippen LogP contribution in [0.1, 0.15) is 31.0 Å². The van der Waals surface area contributed by atoms with Crippen LogP contribution in [-0.2, 0) is 6.54 Å². The number of hydrogen-bond acceptors (Lipinski definition) is 5. The molecule has 0 spiro atoms. The summed E-state index contributed by atoms with van der Waals surface area (Å²) in [5.74, 6) is 2.25. The maximum atomic E-state index is 13.4. The summed E-state index contributed by atoms with van der Waals surface area (Å²) in [5.41, 5.74) is 1.35. The van der Waals surface area contributed by atoms with Crippen molar-refractivity contribution in [1.29, 1.82) is 0 Å². The van der Waals surface area contributed by atoms with Gasteiger partial charge in [-0.25, -0.2) is 4.98 Å². The van der Waals surface area contributed by atoms with Crippen molar-refractivity contribution in [1.82, 2.24) is 14.9 Å². The SMILES string of the molecule is CC[C@@H](NCc1ccco1)c1nc2ccccc2c(=O)n1-c1ccc(OC)cc1. The Morgan fingerprint density at radius 2 is 1.90 bits per heavy atom. The lowest BCUT2D eigenvalue weighted by molar-refractivity contribution is 0.414. The molecule has 29 heavy (non-hydrogen) atoms. The van der Waals surface area contributed by atoms with E-state index in [0.717, 1.165) is 23.6 Å². The summed E-state index contributed by atoms with van der Waals surface area (Å²) in [7, 11) is 1.62. The van der Waals surface area contributed by atoms with Crippen LogP contribution in [-0.4, -0.2) is 16.7 Å². The van der Waals surface area contributed by atoms with Crippen LogP contribution < -0.4 is 15.6 Å². The van der Waals surface area contributed by atoms with Gasteiger partial charge in [0, 0.05) is 0 Å². The van der Waals surface area contributed by atoms with E-state index >= 15 is 0 Å². The zero-order valence-electron chi connectivity index (χ0n) is 16.5. The predicted octanol–water partition coefficient (Wildman–Crippen LogP) is 4.23. The average molecular weight is 389 g/mol. The number of rotatable bonds is 7. The van der Waals surface area contributed by atoms with E-state index in [0.29, 0.717) is 23.3 Å². The fraction of sp³-hybridized carbons (Fsp3) is 0.217. The second kappa shape index (κ2) is 8.32. The number of hydrogen-bond donors (Lipinski definition) is 1. The van der Waals surface area contributed by atoms with Crippen LogP contribution in [0.2, 0.25) is 0 Å². The number of nitrogens with one attached hydrogen (secondary N) is 1. The van der Waals surface area contributed by atoms with Crippen LogP contribution in [0.15, 0.2) is 76.1 Å². The largest absolute Gasteiger partial charge is 0.497 e. The third-order valence-electron chi connectivity index (χ3n) is 4.95. The molecule has 148 valence electrons. The van der Waals surface area contributed by atoms with Gasteiger partial charge in [0.2, 0.25) is 0 Å². The van der Waals surface area contributed by atoms with Gasteiger partial charge in [0.25, 0.3) is 5.56 Å². The Balaban J connectivity index is 1.84. The van der Waals surface area contributed by atoms with E-state index in [1.54, 1.807) is 17.9 Å². The Morgan fingerprint density at radius 1 is 1.10 bits per heavy atom. The molecule has 0 radical (unpaired) electrons. The maximum Gasteiger partial charge on any atom is 0.266 e. The van der Waals surface area contributed by atoms with Crippen molar-refractivity contribution in [3.05, 3.63) is 88.9 Å². The maximum absolute atomic E-state index is 13.4. The molecule has 2 aromatic carbocycles. The number of nitrogens with zero attached hydrogens (tertiary/aromatic N) is 2. The molecule has 2 aromatic heterocycles. The minimum Gasteiger partial charge on any atom is -0.497 e. The van der Waals surface area contributed by atoms with Gasteiger partial charge in [-0.2, -0.15) is 0 Å². The van der Waals surface area contributed by atoms with Crippen LogP contribution in [0, 0.1) is 0 Å². The van der Waals surface area contributed by atoms with E-state index in [9.17, 15) is 4.79 Å². The van der Waals surface area contributed by atoms with Crippen LogP contribution in [0.3, 0.4) is 0 Å². The molecule has 0 aliphatic carbocycles. The third-order valence-corrected chi connectivity index (χ3v) is 4.95. The van der Waals surface area contributed by atoms with Crippen molar-refractivity contribution in [2.24, 2.45) is 0 Å². The number of methoxy groups -OCH3 is 1. The second-order valence-corrected chi connectivity index (χ2v) is 6.75. The Labute approximate surface area is 168 Å². The second-order valence-electron chi connectivity index (χ2n) is 6.75. The number of ether oxygens (including phenoxy) is 1. The highest BCUT2D eigenvalue weighted by Gasteiger charge is 2.20. The molecule has 0 fully saturated rings. The molecule has 2 heterocycles. The van der Waals surface area contributed by atoms with Crippen molar-refractivity contribution in [2.45, 2.75) is 25.9 Å². The molecule has 0 bridgehead atoms. The molecule has 4 rings (SSSR count). The monoisotopic (exact) mass is 389 g/mol. The minimum atomic E-state index is -0.125. The van der Waals surface area contributed by atoms with Crippen LogP contribution in [0.5, 0.6) is 5.75 Å². The highest BCUT2D eigenvalue weighted by atomic mass is 16.5. The van der Waals surface area contributed by atoms with E-state index in [1.807, 2.05) is 60.7 Å². The van der Waals surface area contributed by atoms with E-state index in [1.165, 1.54) is 0 Å². The molecule has 0 saturated carbocycles. The molecule has 0 aliphatic heterocycles. The molecule has 1 atom stereocenters. The normalized spacial score (nSPS) is 12.2. The predicted molar refractivity (Wildman–Crippen MR) is 112 cm³/mol. The summed E-state index contributed by atoms with van der Waals surface area (Å²) in [6, 6.07) is 18.5. The van der Waals surface area contributed by atoms with E-state index in [4.69, 9.17) is 14.1 Å². The molecule has 0 aliphatic rings. The number of fused-ring (bicyclic) bond motifs is 1. The van der Waals surface area contributed by atoms with Gasteiger partial charge in [-0.15, -0.1) is 0 Å². The quantitative estimate of drug-likeness (QED) is 0.512. The molecule has 4 aromatic rings. The lowest BCUT2D eigenvalue weighted by atomic mass is 10.1. The Hall–Kier alpha value is -3.38. The fourth-order valence-electron chi connectivity index (χ4n) is 3.42. The summed E-state index contributed by atoms with van der Waals surface area (Å²) in [5, 5.41) is 4.06. The van der Waals surface area contributed by atoms with Gasteiger partial charge >= 0.3 is 0 Å². The van der Waals surface area contributed by atoms with Gasteiger partial charge in [0.15, 0.2) is 0 Å². The summed E-state index contributed by atoms with van der Waals surface area (Å²) in [4.78, 5) is 18.3. The first-order chi connectivity index (χ1) is 14.2. The average Bonchev–Trinajstić information content (AvgIpc) is 3.28. The molecule has 0 saturated heterocycles. The smallest absolute Gasteiger partial charge is 0.266 e. The van der Waals surface area contributed by atoms with Crippen molar-refractivity contribution in [2.75, 3.05) is 7.11 Å². The topological polar surface area (TPSA) is 69.3 Å². The van der Waals surface area contributed by atoms with E-state index in [2.05, 4.69) is 12.2 Å². The molecule has 6 nitrogen and oxygen atoms in total. The fourth-order valence-corrected chi connectivity index (χ4v) is 3.42. The Bertz CT molecular complexity index is 1150. The molecular weight excluding hydrogens is 366 g/mol. The first-order valence-electron chi connectivity index (χ1n) is 9.63. The van der Waals surface area contributed by atoms with Crippen LogP contribution in [0.25, 0.3) is 16.6 Å². The van der Waals surface area contributed by atoms with Crippen molar-refractivity contribution in [3.63, 3.8) is 0 Å². The lowest BCUT2D eigenvalue weighted by Gasteiger charge is -2.21. The number of benzene rings is 2. The standard InChI is InChI=1S/C23H23N3O3/c1-3-20(24-15-18-7-6-14-29-18)22-25-21-9-5-4-8-19(21)23(27)26(22)16-10-12-17(28-2)13-11-16/h4-14,20,24H,3,15H2,1-2H3/t20-/m1/s1. The van der Waals surface area contributed by atoms with Gasteiger partial charge in [-0.05, 0) is 55.0 Å². The minimum absolute atomic E-state index is 0.0889. The first kappa shape index (κ1) is 19.0. The Kier molecular flexibility index (Phi) is 5.44. The third kappa shape index (κ3) is 3.79. The molecule has 0 unspecified atom stereocenters. The number of furan rings is 1. The zero-order valence-corrected chi connectivity index (χ0v) is 16.5. The molecule has 1 N–H and O–H groups in total. The van der Waals surface area contributed by atoms with Crippen molar-refractivity contribution >= 4 is 10.9 Å². The van der Waals surface area contributed by atoms with Crippen molar-refractivity contribution < 1.29 is 9.15 Å². The number of aromatic nitrogens is 2. The number of para-hydroxylation sites is 1. The highest BCUT2D eigenvalue weighted by molar-refractivity contribution is 5.77. The zero-order chi connectivity index (χ0) is 20.2.